The van der Waals surface area contributed by atoms with Gasteiger partial charge in [-0.2, -0.15) is 0 Å². The third kappa shape index (κ3) is 6.49. The van der Waals surface area contributed by atoms with E-state index in [-0.39, 0.29) is 12.0 Å². The number of ether oxygens (including phenoxy) is 2. The van der Waals surface area contributed by atoms with E-state index in [1.807, 2.05) is 63.2 Å². The van der Waals surface area contributed by atoms with Gasteiger partial charge in [-0.1, -0.05) is 30.3 Å². The number of nitrogens with one attached hydrogen (secondary N) is 1. The molecule has 0 fully saturated rings. The summed E-state index contributed by atoms with van der Waals surface area (Å²) in [6.07, 6.45) is 1.02. The maximum atomic E-state index is 12.1. The molecule has 0 saturated heterocycles. The third-order valence-electron chi connectivity index (χ3n) is 3.69. The van der Waals surface area contributed by atoms with Crippen LogP contribution in [0.4, 0.5) is 5.69 Å². The monoisotopic (exact) mass is 341 g/mol. The largest absolute Gasteiger partial charge is 0.497 e. The number of esters is 1. The van der Waals surface area contributed by atoms with Crippen molar-refractivity contribution in [1.29, 1.82) is 0 Å². The first-order valence-electron chi connectivity index (χ1n) is 8.55. The number of methoxy groups -OCH3 is 1. The normalized spacial score (nSPS) is 12.3. The molecule has 0 amide bonds. The van der Waals surface area contributed by atoms with Crippen molar-refractivity contribution in [3.05, 3.63) is 60.2 Å². The quantitative estimate of drug-likeness (QED) is 0.722. The van der Waals surface area contributed by atoms with Crippen LogP contribution in [0.1, 0.15) is 45.2 Å². The molecule has 0 aromatic heterocycles. The number of rotatable bonds is 7. The van der Waals surface area contributed by atoms with Gasteiger partial charge in [-0.15, -0.1) is 0 Å². The van der Waals surface area contributed by atoms with Gasteiger partial charge in [0.1, 0.15) is 11.4 Å². The summed E-state index contributed by atoms with van der Waals surface area (Å²) < 4.78 is 10.6. The van der Waals surface area contributed by atoms with Crippen molar-refractivity contribution >= 4 is 11.7 Å². The molecule has 0 heterocycles. The molecule has 0 aliphatic rings. The van der Waals surface area contributed by atoms with E-state index in [4.69, 9.17) is 9.47 Å². The zero-order valence-electron chi connectivity index (χ0n) is 15.4. The van der Waals surface area contributed by atoms with E-state index in [1.165, 1.54) is 0 Å². The first-order valence-corrected chi connectivity index (χ1v) is 8.55. The van der Waals surface area contributed by atoms with Gasteiger partial charge in [0, 0.05) is 12.1 Å². The Bertz CT molecular complexity index is 660. The number of carbonyl (C=O) groups excluding carboxylic acids is 1. The maximum absolute atomic E-state index is 12.1. The fourth-order valence-corrected chi connectivity index (χ4v) is 2.55. The van der Waals surface area contributed by atoms with Crippen molar-refractivity contribution in [2.75, 3.05) is 12.4 Å². The van der Waals surface area contributed by atoms with Gasteiger partial charge in [0.25, 0.3) is 0 Å². The van der Waals surface area contributed by atoms with Gasteiger partial charge in [-0.3, -0.25) is 4.79 Å². The van der Waals surface area contributed by atoms with Crippen LogP contribution in [0.15, 0.2) is 54.6 Å². The molecule has 2 rings (SSSR count). The lowest BCUT2D eigenvalue weighted by atomic mass is 10.0. The molecule has 0 radical (unpaired) electrons. The molecule has 2 aromatic rings. The molecule has 0 aliphatic heterocycles. The molecule has 0 aliphatic carbocycles. The lowest BCUT2D eigenvalue weighted by Gasteiger charge is -2.23. The number of carbonyl (C=O) groups is 1. The van der Waals surface area contributed by atoms with E-state index in [0.717, 1.165) is 17.0 Å². The Morgan fingerprint density at radius 2 is 1.68 bits per heavy atom. The van der Waals surface area contributed by atoms with Crippen LogP contribution in [0.25, 0.3) is 0 Å². The van der Waals surface area contributed by atoms with Gasteiger partial charge in [0.2, 0.25) is 0 Å². The van der Waals surface area contributed by atoms with E-state index in [1.54, 1.807) is 7.11 Å². The second-order valence-corrected chi connectivity index (χ2v) is 6.96. The highest BCUT2D eigenvalue weighted by molar-refractivity contribution is 5.70. The molecule has 0 saturated carbocycles. The molecule has 4 heteroatoms. The van der Waals surface area contributed by atoms with E-state index >= 15 is 0 Å². The van der Waals surface area contributed by atoms with Crippen molar-refractivity contribution in [1.82, 2.24) is 0 Å². The van der Waals surface area contributed by atoms with Crippen molar-refractivity contribution in [3.63, 3.8) is 0 Å². The maximum Gasteiger partial charge on any atom is 0.306 e. The zero-order chi connectivity index (χ0) is 18.3. The topological polar surface area (TPSA) is 47.6 Å². The number of hydrogen-bond acceptors (Lipinski definition) is 4. The number of hydrogen-bond donors (Lipinski definition) is 1. The fraction of sp³-hybridized carbons (Fsp3) is 0.381. The van der Waals surface area contributed by atoms with Gasteiger partial charge in [0.05, 0.1) is 13.2 Å². The lowest BCUT2D eigenvalue weighted by molar-refractivity contribution is -0.154. The van der Waals surface area contributed by atoms with Crippen LogP contribution < -0.4 is 10.1 Å². The van der Waals surface area contributed by atoms with Gasteiger partial charge in [0.15, 0.2) is 0 Å². The SMILES string of the molecule is COc1ccc(NC(CCC(=O)OC(C)(C)C)c2ccccc2)cc1. The average Bonchev–Trinajstić information content (AvgIpc) is 2.58. The highest BCUT2D eigenvalue weighted by Crippen LogP contribution is 2.26. The minimum atomic E-state index is -0.456. The van der Waals surface area contributed by atoms with Gasteiger partial charge < -0.3 is 14.8 Å². The van der Waals surface area contributed by atoms with Gasteiger partial charge in [-0.05, 0) is 57.0 Å². The second-order valence-electron chi connectivity index (χ2n) is 6.96. The average molecular weight is 341 g/mol. The number of benzene rings is 2. The summed E-state index contributed by atoms with van der Waals surface area (Å²) in [5.41, 5.74) is 1.67. The molecule has 0 spiro atoms. The molecular weight excluding hydrogens is 314 g/mol. The van der Waals surface area contributed by atoms with Crippen LogP contribution in [-0.2, 0) is 9.53 Å². The Labute approximate surface area is 150 Å². The van der Waals surface area contributed by atoms with Crippen molar-refractivity contribution < 1.29 is 14.3 Å². The van der Waals surface area contributed by atoms with Gasteiger partial charge >= 0.3 is 5.97 Å². The molecule has 0 bridgehead atoms. The molecule has 1 unspecified atom stereocenters. The highest BCUT2D eigenvalue weighted by Gasteiger charge is 2.19. The summed E-state index contributed by atoms with van der Waals surface area (Å²) in [6.45, 7) is 5.65. The van der Waals surface area contributed by atoms with E-state index in [0.29, 0.717) is 12.8 Å². The Hall–Kier alpha value is -2.49. The van der Waals surface area contributed by atoms with Crippen LogP contribution in [0.2, 0.25) is 0 Å². The Balaban J connectivity index is 2.06. The minimum absolute atomic E-state index is 0.0297. The number of anilines is 1. The molecule has 25 heavy (non-hydrogen) atoms. The molecule has 2 aromatic carbocycles. The first kappa shape index (κ1) is 18.8. The summed E-state index contributed by atoms with van der Waals surface area (Å²) >= 11 is 0. The smallest absolute Gasteiger partial charge is 0.306 e. The van der Waals surface area contributed by atoms with Crippen molar-refractivity contribution in [2.45, 2.75) is 45.3 Å². The second kappa shape index (κ2) is 8.56. The summed E-state index contributed by atoms with van der Waals surface area (Å²) in [5, 5.41) is 3.50. The predicted octanol–water partition coefficient (Wildman–Crippen LogP) is 4.97. The summed E-state index contributed by atoms with van der Waals surface area (Å²) in [5.74, 6) is 0.639. The van der Waals surface area contributed by atoms with Gasteiger partial charge in [-0.25, -0.2) is 0 Å². The minimum Gasteiger partial charge on any atom is -0.497 e. The van der Waals surface area contributed by atoms with E-state index in [2.05, 4.69) is 17.4 Å². The van der Waals surface area contributed by atoms with Crippen LogP contribution in [0, 0.1) is 0 Å². The molecular formula is C21H27NO3. The standard InChI is InChI=1S/C21H27NO3/c1-21(2,3)25-20(23)15-14-19(16-8-6-5-7-9-16)22-17-10-12-18(24-4)13-11-17/h5-13,19,22H,14-15H2,1-4H3. The van der Waals surface area contributed by atoms with Crippen LogP contribution in [0.5, 0.6) is 5.75 Å². The Morgan fingerprint density at radius 1 is 1.04 bits per heavy atom. The summed E-state index contributed by atoms with van der Waals surface area (Å²) in [4.78, 5) is 12.1. The summed E-state index contributed by atoms with van der Waals surface area (Å²) in [7, 11) is 1.65. The van der Waals surface area contributed by atoms with Crippen LogP contribution in [-0.4, -0.2) is 18.7 Å². The molecule has 1 N–H and O–H groups in total. The Morgan fingerprint density at radius 3 is 2.24 bits per heavy atom. The van der Waals surface area contributed by atoms with Crippen molar-refractivity contribution in [3.8, 4) is 5.75 Å². The predicted molar refractivity (Wildman–Crippen MR) is 101 cm³/mol. The third-order valence-corrected chi connectivity index (χ3v) is 3.69. The van der Waals surface area contributed by atoms with E-state index in [9.17, 15) is 4.79 Å². The van der Waals surface area contributed by atoms with Crippen molar-refractivity contribution in [2.24, 2.45) is 0 Å². The van der Waals surface area contributed by atoms with Crippen LogP contribution in [0.3, 0.4) is 0 Å². The summed E-state index contributed by atoms with van der Waals surface area (Å²) in [6, 6.07) is 17.9. The zero-order valence-corrected chi connectivity index (χ0v) is 15.4. The van der Waals surface area contributed by atoms with E-state index < -0.39 is 5.60 Å². The molecule has 134 valence electrons. The van der Waals surface area contributed by atoms with Crippen LogP contribution >= 0.6 is 0 Å². The first-order chi connectivity index (χ1) is 11.9. The lowest BCUT2D eigenvalue weighted by Crippen LogP contribution is -2.24. The molecule has 4 nitrogen and oxygen atoms in total. The Kier molecular flexibility index (Phi) is 6.45. The fourth-order valence-electron chi connectivity index (χ4n) is 2.55. The highest BCUT2D eigenvalue weighted by atomic mass is 16.6. The molecule has 1 atom stereocenters.